The zero-order valence-corrected chi connectivity index (χ0v) is 15.5. The molecule has 1 fully saturated rings. The molecule has 1 unspecified atom stereocenters. The quantitative estimate of drug-likeness (QED) is 0.867. The van der Waals surface area contributed by atoms with Crippen molar-refractivity contribution in [1.82, 2.24) is 10.2 Å². The molecule has 0 saturated carbocycles. The number of piperidine rings is 1. The van der Waals surface area contributed by atoms with Crippen molar-refractivity contribution < 1.29 is 19.1 Å². The fourth-order valence-electron chi connectivity index (χ4n) is 3.58. The second-order valence-electron chi connectivity index (χ2n) is 7.36. The molecule has 1 saturated heterocycles. The minimum absolute atomic E-state index is 0.160. The van der Waals surface area contributed by atoms with Crippen LogP contribution < -0.4 is 5.32 Å². The number of nitrogens with one attached hydrogen (secondary N) is 1. The Morgan fingerprint density at radius 2 is 1.88 bits per heavy atom. The molecule has 0 aliphatic carbocycles. The van der Waals surface area contributed by atoms with Crippen LogP contribution in [0.25, 0.3) is 11.0 Å². The van der Waals surface area contributed by atoms with Gasteiger partial charge >= 0.3 is 12.0 Å². The first-order valence-corrected chi connectivity index (χ1v) is 9.14. The molecule has 0 radical (unpaired) electrons. The lowest BCUT2D eigenvalue weighted by molar-refractivity contribution is -0.143. The zero-order valence-electron chi connectivity index (χ0n) is 15.5. The summed E-state index contributed by atoms with van der Waals surface area (Å²) < 4.78 is 6.05. The van der Waals surface area contributed by atoms with Crippen LogP contribution in [0.5, 0.6) is 0 Å². The van der Waals surface area contributed by atoms with Gasteiger partial charge in [-0.3, -0.25) is 4.79 Å². The van der Waals surface area contributed by atoms with E-state index in [4.69, 9.17) is 9.52 Å². The van der Waals surface area contributed by atoms with E-state index < -0.39 is 5.97 Å². The standard InChI is InChI=1S/C20H26N2O4/c1-12(2)17(18-13(3)15-6-4-5-7-16(15)26-18)21-20(25)22-10-8-14(9-11-22)19(23)24/h4-7,12,14,17H,8-11H2,1-3H3,(H,21,25)(H,23,24). The molecule has 0 bridgehead atoms. The Morgan fingerprint density at radius 1 is 1.23 bits per heavy atom. The van der Waals surface area contributed by atoms with Gasteiger partial charge in [-0.1, -0.05) is 32.0 Å². The van der Waals surface area contributed by atoms with Gasteiger partial charge in [0.05, 0.1) is 12.0 Å². The maximum Gasteiger partial charge on any atom is 0.317 e. The third-order valence-electron chi connectivity index (χ3n) is 5.24. The lowest BCUT2D eigenvalue weighted by Crippen LogP contribution is -2.47. The number of para-hydroxylation sites is 1. The number of hydrogen-bond donors (Lipinski definition) is 2. The van der Waals surface area contributed by atoms with Gasteiger partial charge in [0.15, 0.2) is 0 Å². The van der Waals surface area contributed by atoms with Crippen molar-refractivity contribution in [2.24, 2.45) is 11.8 Å². The zero-order chi connectivity index (χ0) is 18.8. The monoisotopic (exact) mass is 358 g/mol. The highest BCUT2D eigenvalue weighted by atomic mass is 16.4. The molecule has 1 aliphatic heterocycles. The molecule has 1 aliphatic rings. The highest BCUT2D eigenvalue weighted by molar-refractivity contribution is 5.82. The van der Waals surface area contributed by atoms with Crippen LogP contribution >= 0.6 is 0 Å². The predicted octanol–water partition coefficient (Wildman–Crippen LogP) is 3.94. The average molecular weight is 358 g/mol. The Bertz CT molecular complexity index is 803. The fraction of sp³-hybridized carbons (Fsp3) is 0.500. The fourth-order valence-corrected chi connectivity index (χ4v) is 3.58. The van der Waals surface area contributed by atoms with Crippen LogP contribution in [0.4, 0.5) is 4.79 Å². The molecule has 1 aromatic heterocycles. The van der Waals surface area contributed by atoms with Gasteiger partial charge < -0.3 is 19.7 Å². The molecule has 0 spiro atoms. The smallest absolute Gasteiger partial charge is 0.317 e. The number of urea groups is 1. The summed E-state index contributed by atoms with van der Waals surface area (Å²) in [5.41, 5.74) is 1.87. The summed E-state index contributed by atoms with van der Waals surface area (Å²) in [6, 6.07) is 7.48. The van der Waals surface area contributed by atoms with E-state index in [0.29, 0.717) is 25.9 Å². The summed E-state index contributed by atoms with van der Waals surface area (Å²) in [5.74, 6) is -0.176. The van der Waals surface area contributed by atoms with Gasteiger partial charge in [0.2, 0.25) is 0 Å². The van der Waals surface area contributed by atoms with Crippen molar-refractivity contribution in [3.05, 3.63) is 35.6 Å². The Kier molecular flexibility index (Phi) is 5.20. The Hall–Kier alpha value is -2.50. The SMILES string of the molecule is Cc1c(C(NC(=O)N2CCC(C(=O)O)CC2)C(C)C)oc2ccccc12. The Balaban J connectivity index is 1.75. The highest BCUT2D eigenvalue weighted by Crippen LogP contribution is 2.33. The number of carbonyl (C=O) groups is 2. The number of nitrogens with zero attached hydrogens (tertiary/aromatic N) is 1. The van der Waals surface area contributed by atoms with Gasteiger partial charge in [-0.25, -0.2) is 4.79 Å². The largest absolute Gasteiger partial charge is 0.481 e. The number of aliphatic carboxylic acids is 1. The predicted molar refractivity (Wildman–Crippen MR) is 99.0 cm³/mol. The van der Waals surface area contributed by atoms with Crippen LogP contribution in [-0.4, -0.2) is 35.1 Å². The van der Waals surface area contributed by atoms with Gasteiger partial charge in [-0.05, 0) is 31.7 Å². The van der Waals surface area contributed by atoms with Crippen molar-refractivity contribution in [2.45, 2.75) is 39.7 Å². The Labute approximate surface area is 153 Å². The molecule has 1 aromatic carbocycles. The first-order valence-electron chi connectivity index (χ1n) is 9.14. The number of carboxylic acid groups (broad SMARTS) is 1. The summed E-state index contributed by atoms with van der Waals surface area (Å²) in [5, 5.41) is 13.3. The average Bonchev–Trinajstić information content (AvgIpc) is 2.96. The molecule has 2 heterocycles. The number of carboxylic acids is 1. The Morgan fingerprint density at radius 3 is 2.46 bits per heavy atom. The summed E-state index contributed by atoms with van der Waals surface area (Å²) in [6.45, 7) is 7.04. The van der Waals surface area contributed by atoms with E-state index in [1.165, 1.54) is 0 Å². The highest BCUT2D eigenvalue weighted by Gasteiger charge is 2.30. The summed E-state index contributed by atoms with van der Waals surface area (Å²) in [7, 11) is 0. The van der Waals surface area contributed by atoms with E-state index in [1.807, 2.05) is 45.0 Å². The van der Waals surface area contributed by atoms with Crippen LogP contribution in [0.2, 0.25) is 0 Å². The molecule has 2 aromatic rings. The second-order valence-corrected chi connectivity index (χ2v) is 7.36. The number of likely N-dealkylation sites (tertiary alicyclic amines) is 1. The minimum Gasteiger partial charge on any atom is -0.481 e. The molecule has 3 rings (SSSR count). The lowest BCUT2D eigenvalue weighted by atomic mass is 9.97. The number of carbonyl (C=O) groups excluding carboxylic acids is 1. The number of benzene rings is 1. The van der Waals surface area contributed by atoms with Crippen molar-refractivity contribution in [3.8, 4) is 0 Å². The first kappa shape index (κ1) is 18.3. The topological polar surface area (TPSA) is 82.8 Å². The van der Waals surface area contributed by atoms with Gasteiger partial charge in [-0.15, -0.1) is 0 Å². The van der Waals surface area contributed by atoms with E-state index in [0.717, 1.165) is 22.3 Å². The molecule has 140 valence electrons. The molecule has 2 amide bonds. The van der Waals surface area contributed by atoms with E-state index in [1.54, 1.807) is 4.90 Å². The maximum absolute atomic E-state index is 12.7. The normalized spacial score (nSPS) is 16.8. The molecular weight excluding hydrogens is 332 g/mol. The molecule has 1 atom stereocenters. The van der Waals surface area contributed by atoms with Crippen LogP contribution in [-0.2, 0) is 4.79 Å². The van der Waals surface area contributed by atoms with E-state index >= 15 is 0 Å². The third-order valence-corrected chi connectivity index (χ3v) is 5.24. The lowest BCUT2D eigenvalue weighted by Gasteiger charge is -2.32. The first-order chi connectivity index (χ1) is 12.4. The second kappa shape index (κ2) is 7.40. The number of hydrogen-bond acceptors (Lipinski definition) is 3. The maximum atomic E-state index is 12.7. The van der Waals surface area contributed by atoms with Crippen molar-refractivity contribution >= 4 is 23.0 Å². The van der Waals surface area contributed by atoms with Gasteiger partial charge in [-0.2, -0.15) is 0 Å². The van der Waals surface area contributed by atoms with E-state index in [9.17, 15) is 9.59 Å². The summed E-state index contributed by atoms with van der Waals surface area (Å²) in [4.78, 5) is 25.5. The summed E-state index contributed by atoms with van der Waals surface area (Å²) >= 11 is 0. The minimum atomic E-state index is -0.775. The summed E-state index contributed by atoms with van der Waals surface area (Å²) in [6.07, 6.45) is 0.998. The molecule has 6 heteroatoms. The molecule has 6 nitrogen and oxygen atoms in total. The molecule has 2 N–H and O–H groups in total. The van der Waals surface area contributed by atoms with Gasteiger partial charge in [0.25, 0.3) is 0 Å². The number of furan rings is 1. The molecular formula is C20H26N2O4. The number of fused-ring (bicyclic) bond motifs is 1. The van der Waals surface area contributed by atoms with E-state index in [-0.39, 0.29) is 23.9 Å². The van der Waals surface area contributed by atoms with Crippen LogP contribution in [0, 0.1) is 18.8 Å². The third kappa shape index (κ3) is 3.54. The van der Waals surface area contributed by atoms with Crippen molar-refractivity contribution in [2.75, 3.05) is 13.1 Å². The van der Waals surface area contributed by atoms with Gasteiger partial charge in [0.1, 0.15) is 11.3 Å². The number of rotatable bonds is 4. The van der Waals surface area contributed by atoms with Crippen molar-refractivity contribution in [1.29, 1.82) is 0 Å². The van der Waals surface area contributed by atoms with Crippen LogP contribution in [0.3, 0.4) is 0 Å². The van der Waals surface area contributed by atoms with Crippen molar-refractivity contribution in [3.63, 3.8) is 0 Å². The van der Waals surface area contributed by atoms with Gasteiger partial charge in [0, 0.05) is 24.0 Å². The van der Waals surface area contributed by atoms with E-state index in [2.05, 4.69) is 5.32 Å². The number of amides is 2. The number of aryl methyl sites for hydroxylation is 1. The van der Waals surface area contributed by atoms with Crippen LogP contribution in [0.15, 0.2) is 28.7 Å². The molecule has 26 heavy (non-hydrogen) atoms. The van der Waals surface area contributed by atoms with Crippen LogP contribution in [0.1, 0.15) is 44.1 Å².